The molecule has 0 saturated carbocycles. The van der Waals surface area contributed by atoms with Gasteiger partial charge in [-0.3, -0.25) is 0 Å². The molecule has 12 aromatic rings. The van der Waals surface area contributed by atoms with Gasteiger partial charge in [0.1, 0.15) is 6.07 Å². The van der Waals surface area contributed by atoms with Gasteiger partial charge in [-0.15, -0.1) is 0 Å². The van der Waals surface area contributed by atoms with Gasteiger partial charge < -0.3 is 9.13 Å². The molecule has 0 aliphatic carbocycles. The van der Waals surface area contributed by atoms with Crippen molar-refractivity contribution in [3.05, 3.63) is 237 Å². The molecule has 0 atom stereocenters. The zero-order chi connectivity index (χ0) is 54.5. The summed E-state index contributed by atoms with van der Waals surface area (Å²) >= 11 is 0. The fraction of sp³-hybridized carbons (Fsp3) is 0.127. The van der Waals surface area contributed by atoms with E-state index < -0.39 is 11.7 Å². The highest BCUT2D eigenvalue weighted by atomic mass is 19.4. The van der Waals surface area contributed by atoms with E-state index in [-0.39, 0.29) is 11.1 Å². The van der Waals surface area contributed by atoms with Gasteiger partial charge in [-0.1, -0.05) is 166 Å². The molecular formula is C71H53F3N4. The van der Waals surface area contributed by atoms with Gasteiger partial charge in [0.05, 0.1) is 56.2 Å². The van der Waals surface area contributed by atoms with Crippen LogP contribution < -0.4 is 0 Å². The van der Waals surface area contributed by atoms with Gasteiger partial charge in [0.25, 0.3) is 0 Å². The third-order valence-electron chi connectivity index (χ3n) is 15.2. The quantitative estimate of drug-likeness (QED) is 0.160. The lowest BCUT2D eigenvalue weighted by atomic mass is 9.95. The van der Waals surface area contributed by atoms with Crippen LogP contribution in [0.4, 0.5) is 13.2 Å². The fourth-order valence-electron chi connectivity index (χ4n) is 12.1. The number of aryl methyl sites for hydroxylation is 8. The lowest BCUT2D eigenvalue weighted by Crippen LogP contribution is -2.07. The molecule has 2 aromatic heterocycles. The molecule has 0 bridgehead atoms. The second-order valence-electron chi connectivity index (χ2n) is 21.5. The summed E-state index contributed by atoms with van der Waals surface area (Å²) in [5.74, 6) is 0. The van der Waals surface area contributed by atoms with Crippen LogP contribution in [-0.2, 0) is 6.18 Å². The Bertz CT molecular complexity index is 4310. The SMILES string of the molecule is Cc1cc(C)cc(-c2ccc3c4ccc(-c5cc(C)cc(C)c5)cc4n(-c4cc(-c5cc(C#N)cc(C(F)(F)F)c5)c(-n5c6cc(-c7cc(C)cc(C)c7)ccc6c6ccc(-c7cc(C)cc(C)c7)cc65)cc4C#N)c3c2)c1. The summed E-state index contributed by atoms with van der Waals surface area (Å²) in [7, 11) is 0. The first-order valence-corrected chi connectivity index (χ1v) is 26.1. The normalized spacial score (nSPS) is 11.8. The zero-order valence-corrected chi connectivity index (χ0v) is 44.7. The topological polar surface area (TPSA) is 57.4 Å². The summed E-state index contributed by atoms with van der Waals surface area (Å²) in [6.07, 6.45) is -4.77. The number of benzene rings is 10. The van der Waals surface area contributed by atoms with Gasteiger partial charge in [-0.2, -0.15) is 23.7 Å². The van der Waals surface area contributed by atoms with E-state index in [1.807, 2.05) is 18.2 Å². The molecule has 0 saturated heterocycles. The van der Waals surface area contributed by atoms with Crippen LogP contribution in [0.3, 0.4) is 0 Å². The van der Waals surface area contributed by atoms with Crippen molar-refractivity contribution in [2.24, 2.45) is 0 Å². The number of fused-ring (bicyclic) bond motifs is 6. The Hall–Kier alpha value is -9.43. The lowest BCUT2D eigenvalue weighted by molar-refractivity contribution is -0.137. The van der Waals surface area contributed by atoms with E-state index in [2.05, 4.69) is 216 Å². The predicted octanol–water partition coefficient (Wildman–Crippen LogP) is 19.4. The minimum Gasteiger partial charge on any atom is -0.309 e. The van der Waals surface area contributed by atoms with Gasteiger partial charge in [0.2, 0.25) is 0 Å². The number of hydrogen-bond donors (Lipinski definition) is 0. The number of halogens is 3. The minimum atomic E-state index is -4.77. The highest BCUT2D eigenvalue weighted by molar-refractivity contribution is 6.13. The van der Waals surface area contributed by atoms with Gasteiger partial charge >= 0.3 is 6.18 Å². The first-order valence-electron chi connectivity index (χ1n) is 26.1. The summed E-state index contributed by atoms with van der Waals surface area (Å²) in [5, 5.41) is 25.9. The first kappa shape index (κ1) is 49.4. The van der Waals surface area contributed by atoms with Crippen LogP contribution >= 0.6 is 0 Å². The van der Waals surface area contributed by atoms with Crippen molar-refractivity contribution < 1.29 is 13.2 Å². The van der Waals surface area contributed by atoms with Gasteiger partial charge in [0.15, 0.2) is 0 Å². The number of hydrogen-bond acceptors (Lipinski definition) is 2. The number of rotatable bonds is 7. The van der Waals surface area contributed by atoms with Crippen LogP contribution in [0, 0.1) is 78.1 Å². The number of alkyl halides is 3. The predicted molar refractivity (Wildman–Crippen MR) is 315 cm³/mol. The summed E-state index contributed by atoms with van der Waals surface area (Å²) in [4.78, 5) is 0. The van der Waals surface area contributed by atoms with Crippen LogP contribution in [0.2, 0.25) is 0 Å². The largest absolute Gasteiger partial charge is 0.416 e. The van der Waals surface area contributed by atoms with Crippen LogP contribution in [-0.4, -0.2) is 9.13 Å². The molecule has 2 heterocycles. The molecule has 10 aromatic carbocycles. The zero-order valence-electron chi connectivity index (χ0n) is 44.7. The van der Waals surface area contributed by atoms with Gasteiger partial charge in [0, 0.05) is 27.1 Å². The Balaban J connectivity index is 1.24. The van der Waals surface area contributed by atoms with E-state index in [9.17, 15) is 10.5 Å². The average molecular weight is 1020 g/mol. The van der Waals surface area contributed by atoms with Crippen molar-refractivity contribution in [2.45, 2.75) is 61.6 Å². The smallest absolute Gasteiger partial charge is 0.309 e. The molecule has 0 radical (unpaired) electrons. The minimum absolute atomic E-state index is 0.138. The second kappa shape index (κ2) is 18.7. The fourth-order valence-corrected chi connectivity index (χ4v) is 12.1. The summed E-state index contributed by atoms with van der Waals surface area (Å²) in [6.45, 7) is 16.6. The second-order valence-corrected chi connectivity index (χ2v) is 21.5. The molecule has 4 nitrogen and oxygen atoms in total. The molecule has 0 N–H and O–H groups in total. The number of nitriles is 2. The van der Waals surface area contributed by atoms with Gasteiger partial charge in [-0.05, 0) is 160 Å². The molecule has 0 aliphatic rings. The van der Waals surface area contributed by atoms with Crippen molar-refractivity contribution in [3.8, 4) is 79.1 Å². The maximum absolute atomic E-state index is 15.2. The lowest BCUT2D eigenvalue weighted by Gasteiger charge is -2.20. The Kier molecular flexibility index (Phi) is 11.8. The molecule has 78 heavy (non-hydrogen) atoms. The van der Waals surface area contributed by atoms with Crippen molar-refractivity contribution in [1.82, 2.24) is 9.13 Å². The first-order chi connectivity index (χ1) is 37.4. The van der Waals surface area contributed by atoms with E-state index >= 15 is 13.2 Å². The third-order valence-corrected chi connectivity index (χ3v) is 15.2. The molecular weight excluding hydrogens is 966 g/mol. The number of nitrogens with zero attached hydrogens (tertiary/aromatic N) is 4. The molecule has 378 valence electrons. The Morgan fingerprint density at radius 2 is 0.654 bits per heavy atom. The van der Waals surface area contributed by atoms with Gasteiger partial charge in [-0.25, -0.2) is 0 Å². The molecule has 0 amide bonds. The summed E-state index contributed by atoms with van der Waals surface area (Å²) < 4.78 is 49.8. The molecule has 0 spiro atoms. The van der Waals surface area contributed by atoms with E-state index in [0.29, 0.717) is 22.5 Å². The summed E-state index contributed by atoms with van der Waals surface area (Å²) in [5.41, 5.74) is 21.0. The Morgan fingerprint density at radius 3 is 0.962 bits per heavy atom. The highest BCUT2D eigenvalue weighted by Crippen LogP contribution is 2.45. The molecule has 0 unspecified atom stereocenters. The molecule has 12 rings (SSSR count). The molecule has 0 aliphatic heterocycles. The monoisotopic (exact) mass is 1020 g/mol. The van der Waals surface area contributed by atoms with Crippen molar-refractivity contribution in [2.75, 3.05) is 0 Å². The highest BCUT2D eigenvalue weighted by Gasteiger charge is 2.32. The van der Waals surface area contributed by atoms with Crippen molar-refractivity contribution >= 4 is 43.6 Å². The van der Waals surface area contributed by atoms with Crippen LogP contribution in [0.15, 0.2) is 176 Å². The van der Waals surface area contributed by atoms with E-state index in [4.69, 9.17) is 0 Å². The molecule has 7 heteroatoms. The Labute approximate surface area is 452 Å². The van der Waals surface area contributed by atoms with Crippen LogP contribution in [0.25, 0.3) is 111 Å². The summed E-state index contributed by atoms with van der Waals surface area (Å²) in [6, 6.07) is 63.4. The average Bonchev–Trinajstić information content (AvgIpc) is 4.05. The van der Waals surface area contributed by atoms with E-state index in [0.717, 1.165) is 145 Å². The molecule has 0 fully saturated rings. The maximum atomic E-state index is 15.2. The van der Waals surface area contributed by atoms with E-state index in [1.54, 1.807) is 0 Å². The van der Waals surface area contributed by atoms with Crippen molar-refractivity contribution in [1.29, 1.82) is 10.5 Å². The Morgan fingerprint density at radius 1 is 0.321 bits per heavy atom. The van der Waals surface area contributed by atoms with Crippen molar-refractivity contribution in [3.63, 3.8) is 0 Å². The van der Waals surface area contributed by atoms with Crippen LogP contribution in [0.1, 0.15) is 61.2 Å². The number of aromatic nitrogens is 2. The third kappa shape index (κ3) is 8.78. The van der Waals surface area contributed by atoms with Crippen LogP contribution in [0.5, 0.6) is 0 Å². The maximum Gasteiger partial charge on any atom is 0.416 e. The van der Waals surface area contributed by atoms with E-state index in [1.165, 1.54) is 6.07 Å². The standard InChI is InChI=1S/C71H53F3N4/c1-40-17-41(2)22-53(21-40)49-9-13-60-61-14-10-50(54-23-42(3)18-43(4)24-54)33-67(61)77(66(60)32-49)65-37-64(57-29-48(38-75)30-59(31-57)71(72,73)74)70(36-58(65)39-76)78-68-34-51(55-25-44(5)19-45(6)26-55)11-15-62(68)63-16-12-52(35-69(63)78)56-27-46(7)20-47(8)28-56/h9-37H,1-8H3.